The molecule has 1 aliphatic rings. The number of hydrogen-bond donors (Lipinski definition) is 5. The standard InChI is InChI=1S/C19H23N5O5/c25-7-12(6-11-4-2-1-3-5-11)23-17-14-18(21-9-20-17)24(10-22-14)19-16(28)15(27)13(8-26)29-19/h1-5,9-10,12-13,15-16,19,25-28H,6-8H2,(H,20,21,23). The maximum absolute atomic E-state index is 10.3. The van der Waals surface area contributed by atoms with Gasteiger partial charge in [-0.3, -0.25) is 4.57 Å². The van der Waals surface area contributed by atoms with Gasteiger partial charge in [-0.15, -0.1) is 0 Å². The third kappa shape index (κ3) is 3.80. The molecule has 1 aromatic carbocycles. The third-order valence-corrected chi connectivity index (χ3v) is 5.04. The van der Waals surface area contributed by atoms with Gasteiger partial charge < -0.3 is 30.5 Å². The van der Waals surface area contributed by atoms with Crippen molar-refractivity contribution in [2.24, 2.45) is 0 Å². The van der Waals surface area contributed by atoms with Gasteiger partial charge in [0, 0.05) is 0 Å². The molecule has 0 aliphatic carbocycles. The summed E-state index contributed by atoms with van der Waals surface area (Å²) in [5.41, 5.74) is 1.91. The minimum Gasteiger partial charge on any atom is -0.394 e. The Labute approximate surface area is 166 Å². The van der Waals surface area contributed by atoms with Crippen molar-refractivity contribution < 1.29 is 25.2 Å². The van der Waals surface area contributed by atoms with Gasteiger partial charge in [0.25, 0.3) is 0 Å². The summed E-state index contributed by atoms with van der Waals surface area (Å²) in [7, 11) is 0. The van der Waals surface area contributed by atoms with Crippen LogP contribution in [0.1, 0.15) is 11.8 Å². The van der Waals surface area contributed by atoms with Crippen molar-refractivity contribution in [3.8, 4) is 0 Å². The van der Waals surface area contributed by atoms with E-state index < -0.39 is 31.1 Å². The first kappa shape index (κ1) is 19.7. The minimum atomic E-state index is -1.24. The molecule has 4 rings (SSSR count). The number of aromatic nitrogens is 4. The maximum Gasteiger partial charge on any atom is 0.167 e. The molecule has 0 saturated carbocycles. The fourth-order valence-corrected chi connectivity index (χ4v) is 3.51. The summed E-state index contributed by atoms with van der Waals surface area (Å²) >= 11 is 0. The molecule has 10 heteroatoms. The lowest BCUT2D eigenvalue weighted by Crippen LogP contribution is -2.33. The lowest BCUT2D eigenvalue weighted by Gasteiger charge is -2.18. The smallest absolute Gasteiger partial charge is 0.167 e. The molecule has 10 nitrogen and oxygen atoms in total. The van der Waals surface area contributed by atoms with E-state index in [1.807, 2.05) is 30.3 Å². The van der Waals surface area contributed by atoms with Gasteiger partial charge in [-0.1, -0.05) is 30.3 Å². The molecule has 0 radical (unpaired) electrons. The van der Waals surface area contributed by atoms with E-state index in [-0.39, 0.29) is 12.6 Å². The number of ether oxygens (including phenoxy) is 1. The Kier molecular flexibility index (Phi) is 5.69. The van der Waals surface area contributed by atoms with E-state index in [9.17, 15) is 20.4 Å². The molecule has 0 spiro atoms. The Hall–Kier alpha value is -2.63. The van der Waals surface area contributed by atoms with Crippen molar-refractivity contribution in [1.29, 1.82) is 0 Å². The number of nitrogens with one attached hydrogen (secondary N) is 1. The number of benzene rings is 1. The van der Waals surface area contributed by atoms with E-state index in [1.165, 1.54) is 17.2 Å². The summed E-state index contributed by atoms with van der Waals surface area (Å²) in [5, 5.41) is 42.6. The average Bonchev–Trinajstić information content (AvgIpc) is 3.30. The average molecular weight is 401 g/mol. The summed E-state index contributed by atoms with van der Waals surface area (Å²) in [6.45, 7) is -0.517. The SMILES string of the molecule is OCC(Cc1ccccc1)Nc1ncnc2c1ncn2C1OC(CO)C(O)C1O. The molecular formula is C19H23N5O5. The van der Waals surface area contributed by atoms with Crippen molar-refractivity contribution in [2.45, 2.75) is 37.0 Å². The number of aliphatic hydroxyl groups is 4. The van der Waals surface area contributed by atoms with Gasteiger partial charge in [0.2, 0.25) is 0 Å². The zero-order valence-electron chi connectivity index (χ0n) is 15.5. The molecule has 1 saturated heterocycles. The van der Waals surface area contributed by atoms with Crippen LogP contribution in [0.4, 0.5) is 5.82 Å². The fourth-order valence-electron chi connectivity index (χ4n) is 3.51. The Balaban J connectivity index is 1.59. The van der Waals surface area contributed by atoms with Gasteiger partial charge in [-0.2, -0.15) is 0 Å². The van der Waals surface area contributed by atoms with Crippen LogP contribution in [0.5, 0.6) is 0 Å². The summed E-state index contributed by atoms with van der Waals surface area (Å²) in [5.74, 6) is 0.440. The Bertz CT molecular complexity index is 953. The minimum absolute atomic E-state index is 0.101. The number of hydrogen-bond acceptors (Lipinski definition) is 9. The Morgan fingerprint density at radius 1 is 1.07 bits per heavy atom. The van der Waals surface area contributed by atoms with E-state index in [2.05, 4.69) is 20.3 Å². The van der Waals surface area contributed by atoms with Crippen LogP contribution in [0, 0.1) is 0 Å². The Morgan fingerprint density at radius 2 is 1.86 bits per heavy atom. The lowest BCUT2D eigenvalue weighted by molar-refractivity contribution is -0.0511. The molecule has 154 valence electrons. The monoisotopic (exact) mass is 401 g/mol. The molecule has 29 heavy (non-hydrogen) atoms. The maximum atomic E-state index is 10.3. The molecule has 0 bridgehead atoms. The van der Waals surface area contributed by atoms with Crippen LogP contribution in [0.15, 0.2) is 43.0 Å². The largest absolute Gasteiger partial charge is 0.394 e. The molecule has 2 aromatic heterocycles. The van der Waals surface area contributed by atoms with Crippen molar-refractivity contribution in [1.82, 2.24) is 19.5 Å². The predicted octanol–water partition coefficient (Wildman–Crippen LogP) is -0.547. The third-order valence-electron chi connectivity index (χ3n) is 5.04. The second-order valence-electron chi connectivity index (χ2n) is 6.99. The first-order chi connectivity index (χ1) is 14.1. The second-order valence-corrected chi connectivity index (χ2v) is 6.99. The van der Waals surface area contributed by atoms with Crippen LogP contribution in [0.25, 0.3) is 11.2 Å². The predicted molar refractivity (Wildman–Crippen MR) is 103 cm³/mol. The zero-order chi connectivity index (χ0) is 20.4. The highest BCUT2D eigenvalue weighted by atomic mass is 16.6. The summed E-state index contributed by atoms with van der Waals surface area (Å²) in [6, 6.07) is 9.50. The highest BCUT2D eigenvalue weighted by molar-refractivity contribution is 5.82. The Morgan fingerprint density at radius 3 is 2.55 bits per heavy atom. The lowest BCUT2D eigenvalue weighted by atomic mass is 10.1. The summed E-state index contributed by atoms with van der Waals surface area (Å²) < 4.78 is 7.06. The quantitative estimate of drug-likeness (QED) is 0.352. The number of imidazole rings is 1. The van der Waals surface area contributed by atoms with Gasteiger partial charge in [0.05, 0.1) is 25.6 Å². The number of nitrogens with zero attached hydrogens (tertiary/aromatic N) is 4. The molecule has 5 N–H and O–H groups in total. The van der Waals surface area contributed by atoms with Crippen LogP contribution in [-0.4, -0.2) is 77.5 Å². The normalized spacial score (nSPS) is 25.4. The molecule has 1 fully saturated rings. The summed E-state index contributed by atoms with van der Waals surface area (Å²) in [6.07, 6.45) is -0.898. The number of anilines is 1. The van der Waals surface area contributed by atoms with E-state index >= 15 is 0 Å². The fraction of sp³-hybridized carbons (Fsp3) is 0.421. The van der Waals surface area contributed by atoms with E-state index in [0.29, 0.717) is 23.4 Å². The van der Waals surface area contributed by atoms with Gasteiger partial charge >= 0.3 is 0 Å². The van der Waals surface area contributed by atoms with Crippen LogP contribution >= 0.6 is 0 Å². The van der Waals surface area contributed by atoms with Crippen molar-refractivity contribution >= 4 is 17.0 Å². The van der Waals surface area contributed by atoms with Gasteiger partial charge in [-0.05, 0) is 12.0 Å². The molecule has 0 amide bonds. The molecule has 5 unspecified atom stereocenters. The van der Waals surface area contributed by atoms with Crippen LogP contribution in [-0.2, 0) is 11.2 Å². The first-order valence-electron chi connectivity index (χ1n) is 9.33. The molecule has 3 heterocycles. The summed E-state index contributed by atoms with van der Waals surface area (Å²) in [4.78, 5) is 12.8. The zero-order valence-corrected chi connectivity index (χ0v) is 15.5. The van der Waals surface area contributed by atoms with Crippen LogP contribution in [0.2, 0.25) is 0 Å². The molecule has 1 aliphatic heterocycles. The van der Waals surface area contributed by atoms with Crippen LogP contribution in [0.3, 0.4) is 0 Å². The number of fused-ring (bicyclic) bond motifs is 1. The molecule has 3 aromatic rings. The van der Waals surface area contributed by atoms with E-state index in [0.717, 1.165) is 5.56 Å². The number of aliphatic hydroxyl groups excluding tert-OH is 4. The van der Waals surface area contributed by atoms with E-state index in [1.54, 1.807) is 0 Å². The first-order valence-corrected chi connectivity index (χ1v) is 9.33. The molecule has 5 atom stereocenters. The van der Waals surface area contributed by atoms with Crippen molar-refractivity contribution in [2.75, 3.05) is 18.5 Å². The van der Waals surface area contributed by atoms with Crippen LogP contribution < -0.4 is 5.32 Å². The highest BCUT2D eigenvalue weighted by Gasteiger charge is 2.44. The van der Waals surface area contributed by atoms with E-state index in [4.69, 9.17) is 4.74 Å². The second kappa shape index (κ2) is 8.39. The molecular weight excluding hydrogens is 378 g/mol. The van der Waals surface area contributed by atoms with Gasteiger partial charge in [0.15, 0.2) is 23.2 Å². The highest BCUT2D eigenvalue weighted by Crippen LogP contribution is 2.32. The van der Waals surface area contributed by atoms with Crippen molar-refractivity contribution in [3.05, 3.63) is 48.5 Å². The topological polar surface area (TPSA) is 146 Å². The van der Waals surface area contributed by atoms with Gasteiger partial charge in [-0.25, -0.2) is 15.0 Å². The number of rotatable bonds is 7. The van der Waals surface area contributed by atoms with Crippen molar-refractivity contribution in [3.63, 3.8) is 0 Å². The van der Waals surface area contributed by atoms with Gasteiger partial charge in [0.1, 0.15) is 24.6 Å².